The van der Waals surface area contributed by atoms with Gasteiger partial charge in [0, 0.05) is 41.5 Å². The highest BCUT2D eigenvalue weighted by atomic mass is 28.4. The van der Waals surface area contributed by atoms with Crippen LogP contribution in [0.15, 0.2) is 170 Å². The lowest BCUT2D eigenvalue weighted by molar-refractivity contribution is -0.150. The summed E-state index contributed by atoms with van der Waals surface area (Å²) in [4.78, 5) is 66.0. The molecule has 4 aliphatic heterocycles. The molecule has 4 atom stereocenters. The summed E-state index contributed by atoms with van der Waals surface area (Å²) in [6, 6.07) is 50.8. The fraction of sp³-hybridized carbons (Fsp3) is 0.207. The molecule has 0 aromatic heterocycles. The Labute approximate surface area is 417 Å². The predicted molar refractivity (Wildman–Crippen MR) is 275 cm³/mol. The molecule has 12 nitrogen and oxygen atoms in total. The summed E-state index contributed by atoms with van der Waals surface area (Å²) >= 11 is 0. The molecule has 0 aliphatic carbocycles. The van der Waals surface area contributed by atoms with E-state index in [0.29, 0.717) is 73.7 Å². The van der Waals surface area contributed by atoms with Gasteiger partial charge in [-0.25, -0.2) is 0 Å². The van der Waals surface area contributed by atoms with Gasteiger partial charge in [0.25, 0.3) is 17.7 Å². The van der Waals surface area contributed by atoms with Crippen LogP contribution in [0, 0.1) is 5.92 Å². The molecule has 1 N–H and O–H groups in total. The highest BCUT2D eigenvalue weighted by molar-refractivity contribution is 6.72. The van der Waals surface area contributed by atoms with Gasteiger partial charge in [0.15, 0.2) is 17.1 Å². The fourth-order valence-corrected chi connectivity index (χ4v) is 13.6. The average Bonchev–Trinajstić information content (AvgIpc) is 3.69. The van der Waals surface area contributed by atoms with Crippen molar-refractivity contribution in [2.45, 2.75) is 56.8 Å². The van der Waals surface area contributed by atoms with Crippen LogP contribution in [0.1, 0.15) is 50.8 Å². The maximum Gasteiger partial charge on any atom is 0.266 e. The number of hydrogen-bond donors (Lipinski definition) is 1. The van der Waals surface area contributed by atoms with Crippen LogP contribution in [-0.2, 0) is 33.0 Å². The third-order valence-corrected chi connectivity index (χ3v) is 16.8. The van der Waals surface area contributed by atoms with Gasteiger partial charge in [0.2, 0.25) is 14.3 Å². The molecule has 14 heteroatoms. The molecule has 0 bridgehead atoms. The lowest BCUT2D eigenvalue weighted by Crippen LogP contribution is -2.45. The van der Waals surface area contributed by atoms with Crippen LogP contribution in [0.3, 0.4) is 0 Å². The topological polar surface area (TPSA) is 129 Å². The summed E-state index contributed by atoms with van der Waals surface area (Å²) in [6.45, 7) is 5.00. The van der Waals surface area contributed by atoms with E-state index in [0.717, 1.165) is 5.56 Å². The number of hydrogen-bond acceptors (Lipinski definition) is 8. The van der Waals surface area contributed by atoms with Crippen LogP contribution in [0.5, 0.6) is 23.0 Å². The maximum absolute atomic E-state index is 17.2. The van der Waals surface area contributed by atoms with Gasteiger partial charge in [0.1, 0.15) is 11.5 Å². The van der Waals surface area contributed by atoms with Crippen molar-refractivity contribution in [1.29, 1.82) is 0 Å². The zero-order valence-electron chi connectivity index (χ0n) is 39.9. The van der Waals surface area contributed by atoms with Crippen molar-refractivity contribution in [1.82, 2.24) is 4.90 Å². The average molecular weight is 979 g/mol. The molecule has 0 saturated carbocycles. The quantitative estimate of drug-likeness (QED) is 0.100. The second-order valence-electron chi connectivity index (χ2n) is 19.2. The van der Waals surface area contributed by atoms with Crippen molar-refractivity contribution in [3.05, 3.63) is 198 Å². The molecule has 1 spiro atoms. The van der Waals surface area contributed by atoms with Crippen LogP contribution in [0.2, 0.25) is 18.6 Å². The van der Waals surface area contributed by atoms with Crippen LogP contribution in [0.4, 0.5) is 32.5 Å². The Morgan fingerprint density at radius 3 is 1.79 bits per heavy atom. The second kappa shape index (κ2) is 18.4. The van der Waals surface area contributed by atoms with E-state index in [1.54, 1.807) is 105 Å². The van der Waals surface area contributed by atoms with E-state index in [-0.39, 0.29) is 50.4 Å². The third kappa shape index (κ3) is 7.92. The number of carbonyl (C=O) groups is 4. The van der Waals surface area contributed by atoms with Crippen molar-refractivity contribution >= 4 is 60.5 Å². The first kappa shape index (κ1) is 46.5. The van der Waals surface area contributed by atoms with Crippen LogP contribution in [-0.4, -0.2) is 61.3 Å². The molecule has 72 heavy (non-hydrogen) atoms. The number of fused-ring (bicyclic) bond motifs is 6. The normalized spacial score (nSPS) is 19.9. The van der Waals surface area contributed by atoms with E-state index in [4.69, 9.17) is 14.2 Å². The van der Waals surface area contributed by atoms with Gasteiger partial charge in [0.05, 0.1) is 53.9 Å². The van der Waals surface area contributed by atoms with Crippen LogP contribution in [0.25, 0.3) is 0 Å². The zero-order chi connectivity index (χ0) is 49.9. The number of carbonyl (C=O) groups excluding carboxylic acids is 4. The van der Waals surface area contributed by atoms with E-state index >= 15 is 8.90 Å². The SMILES string of the molecule is C[C@@H]1[C@@H]([Si](C)(C)F)[C@H](CC(=O)N(CCO)Cc2ccccc2)O[C@@]12C(=O)N(Cc1cccc(N3C(=O)c4ccccc4Oc4ccccc43)c1)c1ccc(N3C(=O)c4ccccc4Oc4ccccc43)cc12. The molecule has 7 aromatic carbocycles. The minimum Gasteiger partial charge on any atom is -0.454 e. The van der Waals surface area contributed by atoms with Gasteiger partial charge in [-0.05, 0) is 103 Å². The summed E-state index contributed by atoms with van der Waals surface area (Å²) in [5, 5.41) is 10.1. The number of aliphatic hydroxyl groups is 1. The Hall–Kier alpha value is -7.91. The molecular formula is C58H51FN4O8Si. The Bertz CT molecular complexity index is 3290. The first-order chi connectivity index (χ1) is 34.8. The number of rotatable bonds is 11. The van der Waals surface area contributed by atoms with Crippen molar-refractivity contribution in [2.24, 2.45) is 5.92 Å². The molecular weight excluding hydrogens is 928 g/mol. The lowest BCUT2D eigenvalue weighted by atomic mass is 9.82. The molecule has 1 fully saturated rings. The molecule has 1 saturated heterocycles. The Balaban J connectivity index is 1.02. The molecule has 7 aromatic rings. The first-order valence-corrected chi connectivity index (χ1v) is 27.1. The van der Waals surface area contributed by atoms with Crippen molar-refractivity contribution in [3.8, 4) is 23.0 Å². The van der Waals surface area contributed by atoms with E-state index in [9.17, 15) is 19.5 Å². The minimum atomic E-state index is -3.77. The third-order valence-electron chi connectivity index (χ3n) is 14.3. The number of aliphatic hydroxyl groups excluding tert-OH is 1. The Morgan fingerprint density at radius 2 is 1.19 bits per heavy atom. The standard InChI is InChI=1S/C58H51FN4O8Si/c1-37-54(72(2,3)59)52(34-53(65)60(30-31-64)35-38-16-5-4-6-17-38)71-58(37)44-33-41(63-47-23-10-14-27-51(47)70-49-25-12-8-21-43(49)56(63)67)28-29-45(44)61(57(58)68)36-39-18-15-19-40(32-39)62-46-22-9-13-26-50(46)69-48-24-11-7-20-42(48)55(62)66/h4-29,32-33,37,52,54,64H,30-31,34-36H2,1-3H3/t37-,52+,54-,58+/m1/s1. The summed E-state index contributed by atoms with van der Waals surface area (Å²) < 4.78 is 37.0. The first-order valence-electron chi connectivity index (χ1n) is 24.1. The molecule has 362 valence electrons. The van der Waals surface area contributed by atoms with Crippen molar-refractivity contribution in [2.75, 3.05) is 27.9 Å². The monoisotopic (exact) mass is 978 g/mol. The molecule has 4 amide bonds. The highest BCUT2D eigenvalue weighted by Crippen LogP contribution is 2.61. The van der Waals surface area contributed by atoms with Gasteiger partial charge < -0.3 is 33.2 Å². The zero-order valence-corrected chi connectivity index (χ0v) is 40.9. The number of benzene rings is 7. The van der Waals surface area contributed by atoms with Gasteiger partial charge in [-0.15, -0.1) is 0 Å². The number of nitrogens with zero attached hydrogens (tertiary/aromatic N) is 4. The Morgan fingerprint density at radius 1 is 0.653 bits per heavy atom. The van der Waals surface area contributed by atoms with E-state index < -0.39 is 37.5 Å². The Kier molecular flexibility index (Phi) is 11.9. The summed E-state index contributed by atoms with van der Waals surface area (Å²) in [5.74, 6) is -0.470. The summed E-state index contributed by atoms with van der Waals surface area (Å²) in [7, 11) is -3.77. The van der Waals surface area contributed by atoms with Crippen LogP contribution >= 0.6 is 0 Å². The largest absolute Gasteiger partial charge is 0.454 e. The summed E-state index contributed by atoms with van der Waals surface area (Å²) in [6.07, 6.45) is -1.27. The van der Waals surface area contributed by atoms with Crippen molar-refractivity contribution in [3.63, 3.8) is 0 Å². The lowest BCUT2D eigenvalue weighted by Gasteiger charge is -2.32. The fourth-order valence-electron chi connectivity index (χ4n) is 11.2. The highest BCUT2D eigenvalue weighted by Gasteiger charge is 2.67. The number of anilines is 5. The van der Waals surface area contributed by atoms with Crippen molar-refractivity contribution < 1.29 is 42.6 Å². The number of para-hydroxylation sites is 6. The summed E-state index contributed by atoms with van der Waals surface area (Å²) in [5.41, 5.74) is 2.51. The smallest absolute Gasteiger partial charge is 0.266 e. The number of amides is 4. The number of halogens is 1. The van der Waals surface area contributed by atoms with Gasteiger partial charge in [-0.1, -0.05) is 97.9 Å². The minimum absolute atomic E-state index is 0.0202. The maximum atomic E-state index is 17.2. The second-order valence-corrected chi connectivity index (χ2v) is 23.0. The predicted octanol–water partition coefficient (Wildman–Crippen LogP) is 11.6. The van der Waals surface area contributed by atoms with Gasteiger partial charge in [-0.3, -0.25) is 29.0 Å². The van der Waals surface area contributed by atoms with E-state index in [1.165, 1.54) is 0 Å². The van der Waals surface area contributed by atoms with Gasteiger partial charge in [-0.2, -0.15) is 0 Å². The number of ether oxygens (including phenoxy) is 3. The molecule has 0 radical (unpaired) electrons. The molecule has 4 heterocycles. The van der Waals surface area contributed by atoms with Gasteiger partial charge >= 0.3 is 0 Å². The van der Waals surface area contributed by atoms with E-state index in [2.05, 4.69) is 0 Å². The van der Waals surface area contributed by atoms with Crippen LogP contribution < -0.4 is 24.2 Å². The molecule has 0 unspecified atom stereocenters. The van der Waals surface area contributed by atoms with E-state index in [1.807, 2.05) is 104 Å². The molecule has 4 aliphatic rings. The molecule has 11 rings (SSSR count).